The van der Waals surface area contributed by atoms with E-state index in [4.69, 9.17) is 0 Å². The second-order valence-corrected chi connectivity index (χ2v) is 3.51. The van der Waals surface area contributed by atoms with E-state index in [1.807, 2.05) is 33.0 Å². The highest BCUT2D eigenvalue weighted by Crippen LogP contribution is 2.21. The Morgan fingerprint density at radius 2 is 1.82 bits per heavy atom. The van der Waals surface area contributed by atoms with Crippen molar-refractivity contribution in [2.45, 2.75) is 33.1 Å². The smallest absolute Gasteiger partial charge is 0.269 e. The molecule has 0 heterocycles. The first-order chi connectivity index (χ1) is 8.19. The summed E-state index contributed by atoms with van der Waals surface area (Å²) in [5.41, 5.74) is 1.30. The van der Waals surface area contributed by atoms with Gasteiger partial charge in [0.05, 0.1) is 4.92 Å². The predicted molar refractivity (Wildman–Crippen MR) is 71.4 cm³/mol. The summed E-state index contributed by atoms with van der Waals surface area (Å²) in [5, 5.41) is 13.6. The van der Waals surface area contributed by atoms with Gasteiger partial charge in [0.1, 0.15) is 0 Å². The van der Waals surface area contributed by atoms with Crippen LogP contribution in [0.4, 0.5) is 5.69 Å². The third-order valence-corrected chi connectivity index (χ3v) is 2.52. The maximum Gasteiger partial charge on any atom is 0.269 e. The Kier molecular flexibility index (Phi) is 7.97. The van der Waals surface area contributed by atoms with Gasteiger partial charge in [-0.2, -0.15) is 0 Å². The fourth-order valence-corrected chi connectivity index (χ4v) is 1.61. The third-order valence-electron chi connectivity index (χ3n) is 2.52. The fourth-order valence-electron chi connectivity index (χ4n) is 1.61. The zero-order valence-electron chi connectivity index (χ0n) is 11.1. The van der Waals surface area contributed by atoms with Gasteiger partial charge in [-0.05, 0) is 24.9 Å². The zero-order chi connectivity index (χ0) is 13.3. The number of benzene rings is 1. The van der Waals surface area contributed by atoms with Crippen molar-refractivity contribution >= 4 is 5.69 Å². The summed E-state index contributed by atoms with van der Waals surface area (Å²) in [6, 6.07) is 6.80. The Morgan fingerprint density at radius 3 is 2.18 bits per heavy atom. The van der Waals surface area contributed by atoms with Crippen LogP contribution in [0, 0.1) is 10.1 Å². The standard InChI is InChI=1S/C11H16N2O2.C2H6/c1-3-9(8-12-2)10-4-6-11(7-5-10)13(14)15;1-2/h4-7,9,12H,3,8H2,1-2H3;1-2H3. The minimum absolute atomic E-state index is 0.151. The third kappa shape index (κ3) is 4.95. The van der Waals surface area contributed by atoms with E-state index in [0.717, 1.165) is 18.5 Å². The van der Waals surface area contributed by atoms with Gasteiger partial charge in [0, 0.05) is 18.7 Å². The first-order valence-corrected chi connectivity index (χ1v) is 6.08. The average Bonchev–Trinajstić information content (AvgIpc) is 2.38. The quantitative estimate of drug-likeness (QED) is 0.632. The van der Waals surface area contributed by atoms with Crippen molar-refractivity contribution in [3.8, 4) is 0 Å². The Balaban J connectivity index is 0.00000121. The van der Waals surface area contributed by atoms with Crippen molar-refractivity contribution < 1.29 is 4.92 Å². The van der Waals surface area contributed by atoms with Crippen molar-refractivity contribution in [1.82, 2.24) is 5.32 Å². The second kappa shape index (κ2) is 8.70. The van der Waals surface area contributed by atoms with Crippen LogP contribution >= 0.6 is 0 Å². The van der Waals surface area contributed by atoms with Crippen molar-refractivity contribution in [3.05, 3.63) is 39.9 Å². The SMILES string of the molecule is CC.CCC(CNC)c1ccc([N+](=O)[O-])cc1. The lowest BCUT2D eigenvalue weighted by atomic mass is 9.96. The van der Waals surface area contributed by atoms with Crippen LogP contribution in [0.3, 0.4) is 0 Å². The zero-order valence-corrected chi connectivity index (χ0v) is 11.1. The molecule has 1 unspecified atom stereocenters. The van der Waals surface area contributed by atoms with Crippen LogP contribution in [0.1, 0.15) is 38.7 Å². The lowest BCUT2D eigenvalue weighted by Crippen LogP contribution is -2.16. The fraction of sp³-hybridized carbons (Fsp3) is 0.538. The highest BCUT2D eigenvalue weighted by atomic mass is 16.6. The highest BCUT2D eigenvalue weighted by Gasteiger charge is 2.10. The summed E-state index contributed by atoms with van der Waals surface area (Å²) in [6.45, 7) is 7.01. The summed E-state index contributed by atoms with van der Waals surface area (Å²) in [5.74, 6) is 0.427. The van der Waals surface area contributed by atoms with E-state index < -0.39 is 0 Å². The summed E-state index contributed by atoms with van der Waals surface area (Å²) < 4.78 is 0. The van der Waals surface area contributed by atoms with Crippen LogP contribution in [0.5, 0.6) is 0 Å². The maximum atomic E-state index is 10.5. The number of hydrogen-bond acceptors (Lipinski definition) is 3. The normalized spacial score (nSPS) is 11.3. The van der Waals surface area contributed by atoms with Gasteiger partial charge in [-0.15, -0.1) is 0 Å². The number of non-ortho nitro benzene ring substituents is 1. The summed E-state index contributed by atoms with van der Waals surface area (Å²) in [4.78, 5) is 10.1. The molecule has 0 saturated heterocycles. The van der Waals surface area contributed by atoms with Crippen molar-refractivity contribution in [2.75, 3.05) is 13.6 Å². The molecule has 1 rings (SSSR count). The highest BCUT2D eigenvalue weighted by molar-refractivity contribution is 5.34. The van der Waals surface area contributed by atoms with E-state index in [9.17, 15) is 10.1 Å². The number of rotatable bonds is 5. The van der Waals surface area contributed by atoms with Crippen LogP contribution in [0.15, 0.2) is 24.3 Å². The summed E-state index contributed by atoms with van der Waals surface area (Å²) in [6.07, 6.45) is 1.03. The molecule has 4 heteroatoms. The second-order valence-electron chi connectivity index (χ2n) is 3.51. The van der Waals surface area contributed by atoms with E-state index in [2.05, 4.69) is 12.2 Å². The molecule has 0 aliphatic carbocycles. The Labute approximate surface area is 103 Å². The van der Waals surface area contributed by atoms with Crippen molar-refractivity contribution in [1.29, 1.82) is 0 Å². The number of nitrogens with zero attached hydrogens (tertiary/aromatic N) is 1. The number of likely N-dealkylation sites (N-methyl/N-ethyl adjacent to an activating group) is 1. The van der Waals surface area contributed by atoms with E-state index in [1.165, 1.54) is 0 Å². The maximum absolute atomic E-state index is 10.5. The molecule has 1 atom stereocenters. The number of nitro groups is 1. The summed E-state index contributed by atoms with van der Waals surface area (Å²) >= 11 is 0. The molecule has 0 amide bonds. The van der Waals surface area contributed by atoms with Gasteiger partial charge in [-0.1, -0.05) is 32.9 Å². The van der Waals surface area contributed by atoms with Crippen LogP contribution < -0.4 is 5.32 Å². The number of hydrogen-bond donors (Lipinski definition) is 1. The van der Waals surface area contributed by atoms with Crippen LogP contribution in [-0.4, -0.2) is 18.5 Å². The van der Waals surface area contributed by atoms with Gasteiger partial charge < -0.3 is 5.32 Å². The molecule has 0 spiro atoms. The van der Waals surface area contributed by atoms with Gasteiger partial charge in [0.15, 0.2) is 0 Å². The first kappa shape index (κ1) is 15.6. The molecule has 0 fully saturated rings. The minimum atomic E-state index is -0.372. The van der Waals surface area contributed by atoms with Gasteiger partial charge >= 0.3 is 0 Å². The molecule has 4 nitrogen and oxygen atoms in total. The molecule has 96 valence electrons. The molecule has 0 aliphatic rings. The molecule has 1 aromatic rings. The lowest BCUT2D eigenvalue weighted by Gasteiger charge is -2.14. The average molecular weight is 238 g/mol. The minimum Gasteiger partial charge on any atom is -0.319 e. The van der Waals surface area contributed by atoms with E-state index in [-0.39, 0.29) is 10.6 Å². The molecule has 0 radical (unpaired) electrons. The lowest BCUT2D eigenvalue weighted by molar-refractivity contribution is -0.384. The van der Waals surface area contributed by atoms with Gasteiger partial charge in [0.2, 0.25) is 0 Å². The van der Waals surface area contributed by atoms with Crippen molar-refractivity contribution in [3.63, 3.8) is 0 Å². The predicted octanol–water partition coefficient (Wildman–Crippen LogP) is 3.33. The van der Waals surface area contributed by atoms with E-state index >= 15 is 0 Å². The number of nitrogens with one attached hydrogen (secondary N) is 1. The summed E-state index contributed by atoms with van der Waals surface area (Å²) in [7, 11) is 1.91. The van der Waals surface area contributed by atoms with E-state index in [1.54, 1.807) is 12.1 Å². The van der Waals surface area contributed by atoms with Gasteiger partial charge in [-0.25, -0.2) is 0 Å². The van der Waals surface area contributed by atoms with E-state index in [0.29, 0.717) is 5.92 Å². The largest absolute Gasteiger partial charge is 0.319 e. The molecule has 0 saturated carbocycles. The molecule has 1 aromatic carbocycles. The van der Waals surface area contributed by atoms with Crippen LogP contribution in [-0.2, 0) is 0 Å². The van der Waals surface area contributed by atoms with Crippen LogP contribution in [0.25, 0.3) is 0 Å². The molecule has 1 N–H and O–H groups in total. The molecular formula is C13H22N2O2. The monoisotopic (exact) mass is 238 g/mol. The Bertz CT molecular complexity index is 323. The van der Waals surface area contributed by atoms with Crippen molar-refractivity contribution in [2.24, 2.45) is 0 Å². The molecule has 0 bridgehead atoms. The molecule has 17 heavy (non-hydrogen) atoms. The Hall–Kier alpha value is -1.42. The molecule has 0 aromatic heterocycles. The molecular weight excluding hydrogens is 216 g/mol. The van der Waals surface area contributed by atoms with Gasteiger partial charge in [0.25, 0.3) is 5.69 Å². The Morgan fingerprint density at radius 1 is 1.29 bits per heavy atom. The topological polar surface area (TPSA) is 55.2 Å². The van der Waals surface area contributed by atoms with Crippen LogP contribution in [0.2, 0.25) is 0 Å². The molecule has 0 aliphatic heterocycles. The number of nitro benzene ring substituents is 1. The van der Waals surface area contributed by atoms with Gasteiger partial charge in [-0.3, -0.25) is 10.1 Å². The first-order valence-electron chi connectivity index (χ1n) is 6.08.